The summed E-state index contributed by atoms with van der Waals surface area (Å²) in [5.41, 5.74) is 3.15. The van der Waals surface area contributed by atoms with E-state index in [1.165, 1.54) is 5.56 Å². The van der Waals surface area contributed by atoms with Gasteiger partial charge in [-0.3, -0.25) is 19.3 Å². The molecular weight excluding hydrogens is 380 g/mol. The first-order valence-corrected chi connectivity index (χ1v) is 10.2. The van der Waals surface area contributed by atoms with Crippen LogP contribution in [0, 0.1) is 0 Å². The SMILES string of the molecule is CN(C)Cc1cccc(N2CCN(C(=O)CN3C(=O)c4ccccc4C3=O)CC2)c1. The Hall–Kier alpha value is -3.19. The third-order valence-corrected chi connectivity index (χ3v) is 5.58. The summed E-state index contributed by atoms with van der Waals surface area (Å²) < 4.78 is 0. The van der Waals surface area contributed by atoms with E-state index in [0.717, 1.165) is 30.2 Å². The summed E-state index contributed by atoms with van der Waals surface area (Å²) >= 11 is 0. The van der Waals surface area contributed by atoms with Crippen molar-refractivity contribution in [2.75, 3.05) is 51.7 Å². The van der Waals surface area contributed by atoms with Gasteiger partial charge < -0.3 is 14.7 Å². The molecule has 0 atom stereocenters. The highest BCUT2D eigenvalue weighted by atomic mass is 16.2. The topological polar surface area (TPSA) is 64.2 Å². The average molecular weight is 406 g/mol. The van der Waals surface area contributed by atoms with Gasteiger partial charge in [-0.2, -0.15) is 0 Å². The van der Waals surface area contributed by atoms with Crippen LogP contribution in [-0.2, 0) is 11.3 Å². The fraction of sp³-hybridized carbons (Fsp3) is 0.348. The predicted octanol–water partition coefficient (Wildman–Crippen LogP) is 1.69. The number of piperazine rings is 1. The molecule has 156 valence electrons. The Morgan fingerprint density at radius 1 is 0.900 bits per heavy atom. The number of hydrogen-bond acceptors (Lipinski definition) is 5. The van der Waals surface area contributed by atoms with Crippen LogP contribution in [0.3, 0.4) is 0 Å². The van der Waals surface area contributed by atoms with Crippen LogP contribution in [0.25, 0.3) is 0 Å². The van der Waals surface area contributed by atoms with Gasteiger partial charge in [-0.05, 0) is 43.9 Å². The van der Waals surface area contributed by atoms with Gasteiger partial charge in [0.25, 0.3) is 11.8 Å². The van der Waals surface area contributed by atoms with Crippen LogP contribution < -0.4 is 4.90 Å². The lowest BCUT2D eigenvalue weighted by Gasteiger charge is -2.36. The van der Waals surface area contributed by atoms with Gasteiger partial charge in [0.05, 0.1) is 11.1 Å². The number of carbonyl (C=O) groups excluding carboxylic acids is 3. The molecule has 2 aliphatic rings. The van der Waals surface area contributed by atoms with Crippen molar-refractivity contribution < 1.29 is 14.4 Å². The zero-order chi connectivity index (χ0) is 21.3. The number of amides is 3. The lowest BCUT2D eigenvalue weighted by Crippen LogP contribution is -2.52. The number of fused-ring (bicyclic) bond motifs is 1. The van der Waals surface area contributed by atoms with Gasteiger partial charge in [-0.25, -0.2) is 0 Å². The molecule has 7 heteroatoms. The fourth-order valence-electron chi connectivity index (χ4n) is 4.05. The van der Waals surface area contributed by atoms with Crippen LogP contribution in [0.1, 0.15) is 26.3 Å². The summed E-state index contributed by atoms with van der Waals surface area (Å²) in [6.07, 6.45) is 0. The Labute approximate surface area is 176 Å². The minimum absolute atomic E-state index is 0.189. The van der Waals surface area contributed by atoms with Crippen molar-refractivity contribution in [1.82, 2.24) is 14.7 Å². The highest BCUT2D eigenvalue weighted by molar-refractivity contribution is 6.22. The van der Waals surface area contributed by atoms with Crippen LogP contribution >= 0.6 is 0 Å². The van der Waals surface area contributed by atoms with Crippen molar-refractivity contribution in [2.24, 2.45) is 0 Å². The van der Waals surface area contributed by atoms with Crippen molar-refractivity contribution in [3.63, 3.8) is 0 Å². The molecule has 0 aliphatic carbocycles. The molecule has 0 bridgehead atoms. The lowest BCUT2D eigenvalue weighted by molar-refractivity contribution is -0.131. The van der Waals surface area contributed by atoms with Crippen LogP contribution in [0.2, 0.25) is 0 Å². The molecule has 0 unspecified atom stereocenters. The van der Waals surface area contributed by atoms with Crippen molar-refractivity contribution >= 4 is 23.4 Å². The Bertz CT molecular complexity index is 945. The van der Waals surface area contributed by atoms with Crippen LogP contribution in [0.15, 0.2) is 48.5 Å². The first-order chi connectivity index (χ1) is 14.4. The number of rotatable bonds is 5. The molecule has 30 heavy (non-hydrogen) atoms. The van der Waals surface area contributed by atoms with Gasteiger partial charge in [0.1, 0.15) is 6.54 Å². The van der Waals surface area contributed by atoms with Gasteiger partial charge in [0.2, 0.25) is 5.91 Å². The van der Waals surface area contributed by atoms with Gasteiger partial charge >= 0.3 is 0 Å². The Morgan fingerprint density at radius 2 is 1.53 bits per heavy atom. The zero-order valence-electron chi connectivity index (χ0n) is 17.4. The second kappa shape index (κ2) is 8.28. The number of nitrogens with zero attached hydrogens (tertiary/aromatic N) is 4. The van der Waals surface area contributed by atoms with E-state index in [-0.39, 0.29) is 24.3 Å². The largest absolute Gasteiger partial charge is 0.368 e. The average Bonchev–Trinajstić information content (AvgIpc) is 2.99. The minimum atomic E-state index is -0.389. The smallest absolute Gasteiger partial charge is 0.262 e. The molecule has 2 heterocycles. The summed E-state index contributed by atoms with van der Waals surface area (Å²) in [4.78, 5) is 45.0. The molecule has 1 fully saturated rings. The molecule has 7 nitrogen and oxygen atoms in total. The van der Waals surface area contributed by atoms with E-state index in [1.807, 2.05) is 14.1 Å². The molecule has 0 N–H and O–H groups in total. The molecule has 0 aromatic heterocycles. The van der Waals surface area contributed by atoms with E-state index in [4.69, 9.17) is 0 Å². The number of carbonyl (C=O) groups is 3. The van der Waals surface area contributed by atoms with Crippen molar-refractivity contribution in [3.8, 4) is 0 Å². The summed E-state index contributed by atoms with van der Waals surface area (Å²) in [7, 11) is 4.09. The molecule has 0 radical (unpaired) electrons. The molecule has 2 aliphatic heterocycles. The molecule has 0 spiro atoms. The Morgan fingerprint density at radius 3 is 2.13 bits per heavy atom. The maximum absolute atomic E-state index is 12.8. The van der Waals surface area contributed by atoms with E-state index in [2.05, 4.69) is 34.1 Å². The second-order valence-corrected chi connectivity index (χ2v) is 8.02. The molecule has 3 amide bonds. The van der Waals surface area contributed by atoms with Gasteiger partial charge in [-0.1, -0.05) is 24.3 Å². The molecule has 2 aromatic rings. The number of benzene rings is 2. The van der Waals surface area contributed by atoms with E-state index in [9.17, 15) is 14.4 Å². The van der Waals surface area contributed by atoms with Crippen LogP contribution in [0.5, 0.6) is 0 Å². The van der Waals surface area contributed by atoms with Crippen molar-refractivity contribution in [2.45, 2.75) is 6.54 Å². The molecule has 1 saturated heterocycles. The van der Waals surface area contributed by atoms with Gasteiger partial charge in [-0.15, -0.1) is 0 Å². The number of hydrogen-bond donors (Lipinski definition) is 0. The zero-order valence-corrected chi connectivity index (χ0v) is 17.4. The van der Waals surface area contributed by atoms with Crippen LogP contribution in [0.4, 0.5) is 5.69 Å². The summed E-state index contributed by atoms with van der Waals surface area (Å²) in [5.74, 6) is -0.967. The highest BCUT2D eigenvalue weighted by Crippen LogP contribution is 2.23. The maximum Gasteiger partial charge on any atom is 0.262 e. The quantitative estimate of drug-likeness (QED) is 0.707. The first kappa shape index (κ1) is 20.1. The first-order valence-electron chi connectivity index (χ1n) is 10.2. The number of imide groups is 1. The van der Waals surface area contributed by atoms with E-state index in [0.29, 0.717) is 24.2 Å². The summed E-state index contributed by atoms with van der Waals surface area (Å²) in [6, 6.07) is 15.2. The molecule has 2 aromatic carbocycles. The second-order valence-electron chi connectivity index (χ2n) is 8.02. The fourth-order valence-corrected chi connectivity index (χ4v) is 4.05. The molecule has 0 saturated carbocycles. The summed E-state index contributed by atoms with van der Waals surface area (Å²) in [5, 5.41) is 0. The normalized spacial score (nSPS) is 16.4. The lowest BCUT2D eigenvalue weighted by atomic mass is 10.1. The van der Waals surface area contributed by atoms with E-state index >= 15 is 0 Å². The molecule has 4 rings (SSSR count). The monoisotopic (exact) mass is 406 g/mol. The third-order valence-electron chi connectivity index (χ3n) is 5.58. The third kappa shape index (κ3) is 3.93. The number of anilines is 1. The van der Waals surface area contributed by atoms with Crippen molar-refractivity contribution in [1.29, 1.82) is 0 Å². The Kier molecular flexibility index (Phi) is 5.55. The summed E-state index contributed by atoms with van der Waals surface area (Å²) in [6.45, 7) is 3.26. The van der Waals surface area contributed by atoms with E-state index in [1.54, 1.807) is 29.2 Å². The molecular formula is C23H26N4O3. The standard InChI is InChI=1S/C23H26N4O3/c1-24(2)15-17-6-5-7-18(14-17)25-10-12-26(13-11-25)21(28)16-27-22(29)19-8-3-4-9-20(19)23(27)30/h3-9,14H,10-13,15-16H2,1-2H3. The van der Waals surface area contributed by atoms with Crippen molar-refractivity contribution in [3.05, 3.63) is 65.2 Å². The maximum atomic E-state index is 12.8. The highest BCUT2D eigenvalue weighted by Gasteiger charge is 2.37. The van der Waals surface area contributed by atoms with Crippen LogP contribution in [-0.4, -0.2) is 79.2 Å². The predicted molar refractivity (Wildman–Crippen MR) is 114 cm³/mol. The van der Waals surface area contributed by atoms with Gasteiger partial charge in [0, 0.05) is 38.4 Å². The van der Waals surface area contributed by atoms with Gasteiger partial charge in [0.15, 0.2) is 0 Å². The Balaban J connectivity index is 1.35. The van der Waals surface area contributed by atoms with E-state index < -0.39 is 0 Å². The minimum Gasteiger partial charge on any atom is -0.368 e.